The molecule has 0 spiro atoms. The third-order valence-electron chi connectivity index (χ3n) is 3.28. The molecule has 0 aliphatic carbocycles. The molecule has 4 heterocycles. The SMILES string of the molecule is c1nnoc1C1CNC2CCN1CC2. The van der Waals surface area contributed by atoms with Gasteiger partial charge in [0.05, 0.1) is 12.2 Å². The van der Waals surface area contributed by atoms with Gasteiger partial charge in [-0.15, -0.1) is 5.10 Å². The Morgan fingerprint density at radius 3 is 3.00 bits per heavy atom. The first kappa shape index (κ1) is 8.38. The van der Waals surface area contributed by atoms with E-state index < -0.39 is 0 Å². The first-order valence-electron chi connectivity index (χ1n) is 5.18. The summed E-state index contributed by atoms with van der Waals surface area (Å²) in [4.78, 5) is 2.46. The van der Waals surface area contributed by atoms with E-state index in [1.54, 1.807) is 6.20 Å². The summed E-state index contributed by atoms with van der Waals surface area (Å²) in [6, 6.07) is 1.03. The lowest BCUT2D eigenvalue weighted by molar-refractivity contribution is 0.162. The van der Waals surface area contributed by atoms with Crippen LogP contribution in [0, 0.1) is 0 Å². The van der Waals surface area contributed by atoms with Crippen LogP contribution in [0.25, 0.3) is 0 Å². The van der Waals surface area contributed by atoms with E-state index in [9.17, 15) is 0 Å². The average molecular weight is 194 g/mol. The van der Waals surface area contributed by atoms with E-state index in [4.69, 9.17) is 4.52 Å². The smallest absolute Gasteiger partial charge is 0.175 e. The highest BCUT2D eigenvalue weighted by molar-refractivity contribution is 5.01. The van der Waals surface area contributed by atoms with Gasteiger partial charge in [0.2, 0.25) is 0 Å². The molecule has 4 rings (SSSR count). The average Bonchev–Trinajstić information content (AvgIpc) is 2.60. The van der Waals surface area contributed by atoms with Gasteiger partial charge in [0.15, 0.2) is 5.76 Å². The fourth-order valence-electron chi connectivity index (χ4n) is 2.42. The Labute approximate surface area is 82.4 Å². The van der Waals surface area contributed by atoms with Gasteiger partial charge in [-0.25, -0.2) is 0 Å². The van der Waals surface area contributed by atoms with E-state index in [-0.39, 0.29) is 0 Å². The standard InChI is InChI=1S/C9H14N4O/c1-3-13-4-2-7(1)10-5-8(13)9-6-11-12-14-9/h6-8,10H,1-5H2. The molecule has 3 fully saturated rings. The van der Waals surface area contributed by atoms with E-state index in [1.165, 1.54) is 12.8 Å². The quantitative estimate of drug-likeness (QED) is 0.691. The van der Waals surface area contributed by atoms with Gasteiger partial charge in [0.1, 0.15) is 0 Å². The Morgan fingerprint density at radius 1 is 1.43 bits per heavy atom. The summed E-state index contributed by atoms with van der Waals surface area (Å²) in [5.74, 6) is 0.889. The van der Waals surface area contributed by atoms with E-state index >= 15 is 0 Å². The molecule has 1 atom stereocenters. The number of hydrogen-bond acceptors (Lipinski definition) is 5. The second kappa shape index (κ2) is 3.33. The Morgan fingerprint density at radius 2 is 2.29 bits per heavy atom. The number of fused-ring (bicyclic) bond motifs is 4. The van der Waals surface area contributed by atoms with Gasteiger partial charge in [0, 0.05) is 30.9 Å². The molecule has 5 nitrogen and oxygen atoms in total. The molecule has 3 saturated heterocycles. The van der Waals surface area contributed by atoms with Crippen LogP contribution in [0.5, 0.6) is 0 Å². The fourth-order valence-corrected chi connectivity index (χ4v) is 2.42. The lowest BCUT2D eigenvalue weighted by atomic mass is 10.1. The molecule has 2 bridgehead atoms. The van der Waals surface area contributed by atoms with Gasteiger partial charge < -0.3 is 9.84 Å². The molecule has 1 aromatic heterocycles. The van der Waals surface area contributed by atoms with Crippen molar-refractivity contribution in [2.24, 2.45) is 0 Å². The van der Waals surface area contributed by atoms with Crippen LogP contribution in [0.3, 0.4) is 0 Å². The van der Waals surface area contributed by atoms with Crippen molar-refractivity contribution >= 4 is 0 Å². The Kier molecular flexibility index (Phi) is 1.99. The molecule has 5 heteroatoms. The number of rotatable bonds is 1. The van der Waals surface area contributed by atoms with E-state index in [2.05, 4.69) is 20.6 Å². The maximum Gasteiger partial charge on any atom is 0.175 e. The first-order chi connectivity index (χ1) is 6.93. The Hall–Kier alpha value is -0.940. The predicted molar refractivity (Wildman–Crippen MR) is 49.6 cm³/mol. The van der Waals surface area contributed by atoms with Crippen molar-refractivity contribution in [3.8, 4) is 0 Å². The monoisotopic (exact) mass is 194 g/mol. The molecular weight excluding hydrogens is 180 g/mol. The summed E-state index contributed by atoms with van der Waals surface area (Å²) < 4.78 is 5.14. The highest BCUT2D eigenvalue weighted by Crippen LogP contribution is 2.26. The number of nitrogens with zero attached hydrogens (tertiary/aromatic N) is 3. The molecule has 0 aromatic carbocycles. The minimum atomic E-state index is 0.331. The zero-order valence-electron chi connectivity index (χ0n) is 8.02. The summed E-state index contributed by atoms with van der Waals surface area (Å²) in [6.45, 7) is 3.27. The van der Waals surface area contributed by atoms with Gasteiger partial charge in [-0.2, -0.15) is 0 Å². The molecule has 14 heavy (non-hydrogen) atoms. The van der Waals surface area contributed by atoms with Crippen LogP contribution < -0.4 is 5.32 Å². The topological polar surface area (TPSA) is 54.2 Å². The van der Waals surface area contributed by atoms with Crippen molar-refractivity contribution in [3.05, 3.63) is 12.0 Å². The Bertz CT molecular complexity index is 292. The minimum Gasteiger partial charge on any atom is -0.340 e. The molecule has 76 valence electrons. The summed E-state index contributed by atoms with van der Waals surface area (Å²) in [5, 5.41) is 10.8. The molecule has 0 saturated carbocycles. The largest absolute Gasteiger partial charge is 0.340 e. The molecule has 0 amide bonds. The molecule has 1 N–H and O–H groups in total. The zero-order valence-corrected chi connectivity index (χ0v) is 8.02. The fraction of sp³-hybridized carbons (Fsp3) is 0.778. The van der Waals surface area contributed by atoms with Gasteiger partial charge in [-0.05, 0) is 12.8 Å². The van der Waals surface area contributed by atoms with Crippen molar-refractivity contribution in [1.29, 1.82) is 0 Å². The molecular formula is C9H14N4O. The van der Waals surface area contributed by atoms with Crippen LogP contribution in [0.1, 0.15) is 24.6 Å². The van der Waals surface area contributed by atoms with Crippen LogP contribution in [-0.2, 0) is 0 Å². The molecule has 3 aliphatic rings. The van der Waals surface area contributed by atoms with Crippen molar-refractivity contribution < 1.29 is 4.52 Å². The number of nitrogens with one attached hydrogen (secondary N) is 1. The summed E-state index contributed by atoms with van der Waals surface area (Å²) in [7, 11) is 0. The second-order valence-corrected chi connectivity index (χ2v) is 4.05. The van der Waals surface area contributed by atoms with Crippen molar-refractivity contribution in [3.63, 3.8) is 0 Å². The van der Waals surface area contributed by atoms with E-state index in [0.29, 0.717) is 12.1 Å². The lowest BCUT2D eigenvalue weighted by Crippen LogP contribution is -2.35. The van der Waals surface area contributed by atoms with E-state index in [0.717, 1.165) is 25.4 Å². The highest BCUT2D eigenvalue weighted by Gasteiger charge is 2.32. The van der Waals surface area contributed by atoms with Gasteiger partial charge in [-0.1, -0.05) is 0 Å². The van der Waals surface area contributed by atoms with E-state index in [1.807, 2.05) is 0 Å². The maximum atomic E-state index is 5.14. The van der Waals surface area contributed by atoms with Gasteiger partial charge >= 0.3 is 0 Å². The number of hydrogen-bond donors (Lipinski definition) is 1. The number of piperidine rings is 1. The number of aromatic nitrogens is 2. The summed E-state index contributed by atoms with van der Waals surface area (Å²) in [5.41, 5.74) is 0. The van der Waals surface area contributed by atoms with Gasteiger partial charge in [0.25, 0.3) is 0 Å². The van der Waals surface area contributed by atoms with Crippen molar-refractivity contribution in [1.82, 2.24) is 20.6 Å². The van der Waals surface area contributed by atoms with Crippen LogP contribution >= 0.6 is 0 Å². The molecule has 1 aromatic rings. The first-order valence-corrected chi connectivity index (χ1v) is 5.18. The predicted octanol–water partition coefficient (Wildman–Crippen LogP) is 0.178. The molecule has 0 radical (unpaired) electrons. The normalized spacial score (nSPS) is 37.0. The molecule has 3 aliphatic heterocycles. The van der Waals surface area contributed by atoms with Gasteiger partial charge in [-0.3, -0.25) is 4.90 Å². The third-order valence-corrected chi connectivity index (χ3v) is 3.28. The molecule has 1 unspecified atom stereocenters. The zero-order chi connectivity index (χ0) is 9.38. The van der Waals surface area contributed by atoms with Crippen LogP contribution in [0.4, 0.5) is 0 Å². The van der Waals surface area contributed by atoms with Crippen molar-refractivity contribution in [2.45, 2.75) is 24.9 Å². The Balaban J connectivity index is 1.85. The van der Waals surface area contributed by atoms with Crippen LogP contribution in [0.2, 0.25) is 0 Å². The van der Waals surface area contributed by atoms with Crippen LogP contribution in [0.15, 0.2) is 10.7 Å². The third kappa shape index (κ3) is 1.33. The summed E-state index contributed by atoms with van der Waals surface area (Å²) >= 11 is 0. The lowest BCUT2D eigenvalue weighted by Gasteiger charge is -2.29. The summed E-state index contributed by atoms with van der Waals surface area (Å²) in [6.07, 6.45) is 4.22. The minimum absolute atomic E-state index is 0.331. The van der Waals surface area contributed by atoms with Crippen LogP contribution in [-0.4, -0.2) is 40.9 Å². The highest BCUT2D eigenvalue weighted by atomic mass is 16.5. The van der Waals surface area contributed by atoms with Crippen molar-refractivity contribution in [2.75, 3.05) is 19.6 Å². The second-order valence-electron chi connectivity index (χ2n) is 4.05. The maximum absolute atomic E-state index is 5.14.